The van der Waals surface area contributed by atoms with Crippen molar-refractivity contribution in [2.45, 2.75) is 6.54 Å². The van der Waals surface area contributed by atoms with Crippen molar-refractivity contribution in [3.05, 3.63) is 110 Å². The van der Waals surface area contributed by atoms with Crippen LogP contribution in [0.4, 0.5) is 17.5 Å². The average Bonchev–Trinajstić information content (AvgIpc) is 3.72. The summed E-state index contributed by atoms with van der Waals surface area (Å²) in [5.74, 6) is 1.88. The monoisotopic (exact) mass is 498 g/mol. The Morgan fingerprint density at radius 3 is 2.45 bits per heavy atom. The molecule has 7 rings (SSSR count). The molecule has 0 amide bonds. The fraction of sp³-hybridized carbons (Fsp3) is 0.0357. The lowest BCUT2D eigenvalue weighted by molar-refractivity contribution is 0.996. The molecule has 7 aromatic rings. The van der Waals surface area contributed by atoms with Crippen LogP contribution in [0.2, 0.25) is 0 Å². The van der Waals surface area contributed by atoms with E-state index in [1.165, 1.54) is 0 Å². The molecule has 0 spiro atoms. The SMILES string of the molecule is c1ccc(-n2cnc3c(NCc4nc5ccccc5[nH]4)nc(Nc4ccc(-n5ccnc5)cc4)nc32)cc1. The lowest BCUT2D eigenvalue weighted by Gasteiger charge is -2.11. The van der Waals surface area contributed by atoms with E-state index in [0.29, 0.717) is 29.5 Å². The molecule has 0 aliphatic rings. The van der Waals surface area contributed by atoms with Gasteiger partial charge in [-0.1, -0.05) is 30.3 Å². The Bertz CT molecular complexity index is 1800. The fourth-order valence-corrected chi connectivity index (χ4v) is 4.37. The van der Waals surface area contributed by atoms with E-state index in [1.54, 1.807) is 18.9 Å². The molecule has 0 saturated heterocycles. The van der Waals surface area contributed by atoms with Crippen LogP contribution in [0.15, 0.2) is 104 Å². The Labute approximate surface area is 217 Å². The second-order valence-corrected chi connectivity index (χ2v) is 8.71. The van der Waals surface area contributed by atoms with Gasteiger partial charge >= 0.3 is 0 Å². The maximum Gasteiger partial charge on any atom is 0.231 e. The highest BCUT2D eigenvalue weighted by Gasteiger charge is 2.15. The highest BCUT2D eigenvalue weighted by molar-refractivity contribution is 5.86. The molecule has 0 aliphatic heterocycles. The topological polar surface area (TPSA) is 114 Å². The number of anilines is 3. The Morgan fingerprint density at radius 1 is 0.789 bits per heavy atom. The van der Waals surface area contributed by atoms with E-state index < -0.39 is 0 Å². The second-order valence-electron chi connectivity index (χ2n) is 8.71. The predicted octanol–water partition coefficient (Wildman–Crippen LogP) is 5.23. The highest BCUT2D eigenvalue weighted by atomic mass is 15.2. The van der Waals surface area contributed by atoms with Gasteiger partial charge in [0.2, 0.25) is 5.95 Å². The van der Waals surface area contributed by atoms with Crippen molar-refractivity contribution in [2.24, 2.45) is 0 Å². The van der Waals surface area contributed by atoms with Gasteiger partial charge in [0.05, 0.1) is 23.9 Å². The molecule has 4 heterocycles. The molecular formula is C28H22N10. The molecule has 0 fully saturated rings. The third-order valence-electron chi connectivity index (χ3n) is 6.22. The maximum atomic E-state index is 4.83. The first-order chi connectivity index (χ1) is 18.8. The van der Waals surface area contributed by atoms with Crippen LogP contribution in [0.25, 0.3) is 33.6 Å². The number of nitrogens with one attached hydrogen (secondary N) is 3. The van der Waals surface area contributed by atoms with E-state index in [1.807, 2.05) is 94.2 Å². The van der Waals surface area contributed by atoms with Crippen molar-refractivity contribution < 1.29 is 0 Å². The number of benzene rings is 3. The zero-order chi connectivity index (χ0) is 25.3. The number of para-hydroxylation sites is 3. The number of fused-ring (bicyclic) bond motifs is 2. The fourth-order valence-electron chi connectivity index (χ4n) is 4.37. The Hall–Kier alpha value is -5.51. The Kier molecular flexibility index (Phi) is 5.25. The number of aromatic amines is 1. The summed E-state index contributed by atoms with van der Waals surface area (Å²) in [5, 5.41) is 6.76. The number of aromatic nitrogens is 8. The zero-order valence-electron chi connectivity index (χ0n) is 20.2. The van der Waals surface area contributed by atoms with Crippen molar-refractivity contribution >= 4 is 39.7 Å². The van der Waals surface area contributed by atoms with Crippen molar-refractivity contribution in [1.82, 2.24) is 39.0 Å². The van der Waals surface area contributed by atoms with Crippen LogP contribution < -0.4 is 10.6 Å². The van der Waals surface area contributed by atoms with Crippen molar-refractivity contribution in [3.8, 4) is 11.4 Å². The summed E-state index contributed by atoms with van der Waals surface area (Å²) in [5.41, 5.74) is 6.12. The van der Waals surface area contributed by atoms with E-state index in [9.17, 15) is 0 Å². The summed E-state index contributed by atoms with van der Waals surface area (Å²) >= 11 is 0. The first-order valence-electron chi connectivity index (χ1n) is 12.1. The Morgan fingerprint density at radius 2 is 1.63 bits per heavy atom. The van der Waals surface area contributed by atoms with Gasteiger partial charge in [0.15, 0.2) is 17.0 Å². The summed E-state index contributed by atoms with van der Waals surface area (Å²) in [6.45, 7) is 0.456. The van der Waals surface area contributed by atoms with Crippen LogP contribution in [-0.4, -0.2) is 39.0 Å². The van der Waals surface area contributed by atoms with Crippen molar-refractivity contribution in [1.29, 1.82) is 0 Å². The van der Waals surface area contributed by atoms with E-state index >= 15 is 0 Å². The lowest BCUT2D eigenvalue weighted by atomic mass is 10.3. The van der Waals surface area contributed by atoms with Gasteiger partial charge in [-0.05, 0) is 48.5 Å². The summed E-state index contributed by atoms with van der Waals surface area (Å²) < 4.78 is 3.90. The second kappa shape index (κ2) is 9.17. The summed E-state index contributed by atoms with van der Waals surface area (Å²) in [4.78, 5) is 26.4. The van der Waals surface area contributed by atoms with Crippen LogP contribution in [0.3, 0.4) is 0 Å². The largest absolute Gasteiger partial charge is 0.361 e. The third-order valence-corrected chi connectivity index (χ3v) is 6.22. The molecule has 184 valence electrons. The van der Waals surface area contributed by atoms with Crippen LogP contribution in [0.1, 0.15) is 5.82 Å². The van der Waals surface area contributed by atoms with E-state index in [0.717, 1.165) is 33.9 Å². The first-order valence-corrected chi connectivity index (χ1v) is 12.1. The lowest BCUT2D eigenvalue weighted by Crippen LogP contribution is -2.07. The molecule has 3 aromatic carbocycles. The van der Waals surface area contributed by atoms with Gasteiger partial charge < -0.3 is 20.2 Å². The summed E-state index contributed by atoms with van der Waals surface area (Å²) in [7, 11) is 0. The molecule has 0 bridgehead atoms. The molecule has 0 atom stereocenters. The van der Waals surface area contributed by atoms with E-state index in [-0.39, 0.29) is 0 Å². The molecule has 0 aliphatic carbocycles. The van der Waals surface area contributed by atoms with Gasteiger partial charge in [-0.3, -0.25) is 4.57 Å². The van der Waals surface area contributed by atoms with Crippen LogP contribution in [0.5, 0.6) is 0 Å². The molecule has 38 heavy (non-hydrogen) atoms. The highest BCUT2D eigenvalue weighted by Crippen LogP contribution is 2.26. The molecular weight excluding hydrogens is 476 g/mol. The normalized spacial score (nSPS) is 11.3. The number of hydrogen-bond acceptors (Lipinski definition) is 7. The van der Waals surface area contributed by atoms with Crippen molar-refractivity contribution in [3.63, 3.8) is 0 Å². The van der Waals surface area contributed by atoms with Crippen LogP contribution >= 0.6 is 0 Å². The molecule has 10 heteroatoms. The molecule has 0 radical (unpaired) electrons. The number of imidazole rings is 3. The minimum atomic E-state index is 0.456. The number of H-pyrrole nitrogens is 1. The summed E-state index contributed by atoms with van der Waals surface area (Å²) in [6, 6.07) is 26.0. The van der Waals surface area contributed by atoms with Gasteiger partial charge in [-0.25, -0.2) is 15.0 Å². The molecule has 0 saturated carbocycles. The minimum absolute atomic E-state index is 0.456. The third kappa shape index (κ3) is 4.09. The van der Waals surface area contributed by atoms with E-state index in [4.69, 9.17) is 9.97 Å². The molecule has 4 aromatic heterocycles. The number of hydrogen-bond donors (Lipinski definition) is 3. The zero-order valence-corrected chi connectivity index (χ0v) is 20.2. The smallest absolute Gasteiger partial charge is 0.231 e. The standard InChI is InChI=1S/C28H22N10/c1-2-6-21(7-3-1)38-18-31-25-26(30-16-24-33-22-8-4-5-9-23(22)34-24)35-28(36-27(25)38)32-19-10-12-20(13-11-19)37-15-14-29-17-37/h1-15,17-18H,16H2,(H,33,34)(H2,30,32,35,36). The Balaban J connectivity index is 1.24. The van der Waals surface area contributed by atoms with Gasteiger partial charge in [0, 0.05) is 29.5 Å². The van der Waals surface area contributed by atoms with Gasteiger partial charge in [-0.15, -0.1) is 0 Å². The van der Waals surface area contributed by atoms with E-state index in [2.05, 4.69) is 30.6 Å². The van der Waals surface area contributed by atoms with Gasteiger partial charge in [0.1, 0.15) is 12.2 Å². The minimum Gasteiger partial charge on any atom is -0.361 e. The molecule has 0 unspecified atom stereocenters. The molecule has 3 N–H and O–H groups in total. The first kappa shape index (κ1) is 21.7. The van der Waals surface area contributed by atoms with Crippen LogP contribution in [0, 0.1) is 0 Å². The molecule has 10 nitrogen and oxygen atoms in total. The summed E-state index contributed by atoms with van der Waals surface area (Å²) in [6.07, 6.45) is 7.20. The predicted molar refractivity (Wildman–Crippen MR) is 147 cm³/mol. The van der Waals surface area contributed by atoms with Crippen molar-refractivity contribution in [2.75, 3.05) is 10.6 Å². The number of nitrogens with zero attached hydrogens (tertiary/aromatic N) is 7. The number of rotatable bonds is 7. The van der Waals surface area contributed by atoms with Gasteiger partial charge in [0.25, 0.3) is 0 Å². The quantitative estimate of drug-likeness (QED) is 0.276. The van der Waals surface area contributed by atoms with Gasteiger partial charge in [-0.2, -0.15) is 9.97 Å². The maximum absolute atomic E-state index is 4.83. The average molecular weight is 499 g/mol. The van der Waals surface area contributed by atoms with Crippen LogP contribution in [-0.2, 0) is 6.54 Å².